The average molecular weight is 280 g/mol. The Kier molecular flexibility index (Phi) is 3.86. The van der Waals surface area contributed by atoms with E-state index < -0.39 is 18.4 Å². The normalized spacial score (nSPS) is 16.9. The van der Waals surface area contributed by atoms with Gasteiger partial charge in [-0.2, -0.15) is 13.2 Å². The number of alkyl halides is 3. The summed E-state index contributed by atoms with van der Waals surface area (Å²) >= 11 is 1.12. The van der Waals surface area contributed by atoms with Crippen molar-refractivity contribution in [2.75, 3.05) is 31.2 Å². The number of thiazole rings is 1. The molecule has 0 N–H and O–H groups in total. The summed E-state index contributed by atoms with van der Waals surface area (Å²) in [5.41, 5.74) is 0. The molecule has 1 aliphatic heterocycles. The summed E-state index contributed by atoms with van der Waals surface area (Å²) in [4.78, 5) is 17.2. The summed E-state index contributed by atoms with van der Waals surface area (Å²) in [7, 11) is 0. The summed E-state index contributed by atoms with van der Waals surface area (Å²) in [6.45, 7) is 2.49. The van der Waals surface area contributed by atoms with E-state index in [1.54, 1.807) is 0 Å². The van der Waals surface area contributed by atoms with Crippen LogP contribution < -0.4 is 4.90 Å². The smallest absolute Gasteiger partial charge is 0.378 e. The van der Waals surface area contributed by atoms with Crippen LogP contribution in [0, 0.1) is 0 Å². The van der Waals surface area contributed by atoms with Crippen LogP contribution in [0.4, 0.5) is 18.3 Å². The molecule has 0 aliphatic carbocycles. The number of hydrogen-bond donors (Lipinski definition) is 0. The molecule has 0 bridgehead atoms. The van der Waals surface area contributed by atoms with Crippen molar-refractivity contribution in [1.82, 2.24) is 4.98 Å². The fourth-order valence-electron chi connectivity index (χ4n) is 1.54. The van der Waals surface area contributed by atoms with Crippen LogP contribution in [-0.2, 0) is 16.0 Å². The van der Waals surface area contributed by atoms with Gasteiger partial charge in [0, 0.05) is 24.2 Å². The number of nitrogens with zero attached hydrogens (tertiary/aromatic N) is 2. The lowest BCUT2D eigenvalue weighted by Gasteiger charge is -2.25. The van der Waals surface area contributed by atoms with Gasteiger partial charge in [-0.25, -0.2) is 4.98 Å². The number of ether oxygens (including phenoxy) is 1. The van der Waals surface area contributed by atoms with Gasteiger partial charge in [0.05, 0.1) is 19.6 Å². The Hall–Kier alpha value is -1.15. The van der Waals surface area contributed by atoms with Gasteiger partial charge in [0.15, 0.2) is 5.13 Å². The Bertz CT molecular complexity index is 427. The van der Waals surface area contributed by atoms with Crippen molar-refractivity contribution in [1.29, 1.82) is 0 Å². The maximum Gasteiger partial charge on any atom is 0.450 e. The van der Waals surface area contributed by atoms with E-state index in [0.29, 0.717) is 36.3 Å². The van der Waals surface area contributed by atoms with Crippen LogP contribution >= 0.6 is 11.3 Å². The first-order valence-electron chi connectivity index (χ1n) is 5.34. The number of morpholine rings is 1. The van der Waals surface area contributed by atoms with Gasteiger partial charge in [-0.05, 0) is 0 Å². The van der Waals surface area contributed by atoms with E-state index in [9.17, 15) is 18.0 Å². The molecule has 100 valence electrons. The Morgan fingerprint density at radius 1 is 1.44 bits per heavy atom. The zero-order chi connectivity index (χ0) is 13.2. The predicted octanol–water partition coefficient (Wildman–Crippen LogP) is 1.65. The molecule has 8 heteroatoms. The molecule has 0 amide bonds. The van der Waals surface area contributed by atoms with Gasteiger partial charge in [-0.15, -0.1) is 11.3 Å². The zero-order valence-corrected chi connectivity index (χ0v) is 10.2. The minimum Gasteiger partial charge on any atom is -0.378 e. The van der Waals surface area contributed by atoms with Crippen LogP contribution in [0.2, 0.25) is 0 Å². The molecule has 0 atom stereocenters. The molecule has 2 heterocycles. The molecule has 2 rings (SSSR count). The lowest BCUT2D eigenvalue weighted by molar-refractivity contribution is -0.170. The number of carbonyl (C=O) groups excluding carboxylic acids is 1. The fraction of sp³-hybridized carbons (Fsp3) is 0.600. The first kappa shape index (κ1) is 13.3. The first-order chi connectivity index (χ1) is 8.47. The molecule has 0 aromatic carbocycles. The van der Waals surface area contributed by atoms with Crippen molar-refractivity contribution in [2.45, 2.75) is 12.6 Å². The molecule has 0 radical (unpaired) electrons. The van der Waals surface area contributed by atoms with Crippen molar-refractivity contribution >= 4 is 22.3 Å². The van der Waals surface area contributed by atoms with Gasteiger partial charge >= 0.3 is 6.18 Å². The lowest BCUT2D eigenvalue weighted by Crippen LogP contribution is -2.36. The molecule has 0 spiro atoms. The number of Topliss-reactive ketones (excluding diaryl/α,β-unsaturated/α-hetero) is 1. The van der Waals surface area contributed by atoms with E-state index in [4.69, 9.17) is 4.74 Å². The molecular weight excluding hydrogens is 269 g/mol. The highest BCUT2D eigenvalue weighted by Gasteiger charge is 2.38. The van der Waals surface area contributed by atoms with Crippen LogP contribution in [0.3, 0.4) is 0 Å². The maximum atomic E-state index is 12.1. The average Bonchev–Trinajstić information content (AvgIpc) is 2.77. The topological polar surface area (TPSA) is 42.4 Å². The van der Waals surface area contributed by atoms with Gasteiger partial charge in [0.1, 0.15) is 0 Å². The zero-order valence-electron chi connectivity index (χ0n) is 9.37. The first-order valence-corrected chi connectivity index (χ1v) is 6.16. The van der Waals surface area contributed by atoms with E-state index in [1.807, 2.05) is 4.90 Å². The van der Waals surface area contributed by atoms with Gasteiger partial charge < -0.3 is 9.64 Å². The van der Waals surface area contributed by atoms with Crippen molar-refractivity contribution in [3.05, 3.63) is 11.1 Å². The van der Waals surface area contributed by atoms with Crippen LogP contribution in [-0.4, -0.2) is 43.2 Å². The summed E-state index contributed by atoms with van der Waals surface area (Å²) in [5, 5.41) is 0.642. The summed E-state index contributed by atoms with van der Waals surface area (Å²) in [6, 6.07) is 0. The molecule has 1 aromatic heterocycles. The van der Waals surface area contributed by atoms with Crippen LogP contribution in [0.15, 0.2) is 6.20 Å². The minimum absolute atomic E-state index is 0.332. The number of carbonyl (C=O) groups is 1. The monoisotopic (exact) mass is 280 g/mol. The second-order valence-corrected chi connectivity index (χ2v) is 4.90. The second kappa shape index (κ2) is 5.23. The Morgan fingerprint density at radius 2 is 2.11 bits per heavy atom. The highest BCUT2D eigenvalue weighted by atomic mass is 32.1. The molecule has 1 saturated heterocycles. The highest BCUT2D eigenvalue weighted by Crippen LogP contribution is 2.26. The van der Waals surface area contributed by atoms with Gasteiger partial charge in [0.25, 0.3) is 0 Å². The number of anilines is 1. The Balaban J connectivity index is 1.99. The molecule has 18 heavy (non-hydrogen) atoms. The molecule has 0 unspecified atom stereocenters. The van der Waals surface area contributed by atoms with E-state index >= 15 is 0 Å². The van der Waals surface area contributed by atoms with Crippen LogP contribution in [0.5, 0.6) is 0 Å². The van der Waals surface area contributed by atoms with Crippen molar-refractivity contribution in [3.63, 3.8) is 0 Å². The lowest BCUT2D eigenvalue weighted by atomic mass is 10.2. The van der Waals surface area contributed by atoms with Gasteiger partial charge in [-0.1, -0.05) is 0 Å². The van der Waals surface area contributed by atoms with Crippen molar-refractivity contribution in [2.24, 2.45) is 0 Å². The predicted molar refractivity (Wildman–Crippen MR) is 59.9 cm³/mol. The quantitative estimate of drug-likeness (QED) is 0.844. The molecular formula is C10H11F3N2O2S. The number of ketones is 1. The number of halogens is 3. The highest BCUT2D eigenvalue weighted by molar-refractivity contribution is 7.15. The summed E-state index contributed by atoms with van der Waals surface area (Å²) in [6.07, 6.45) is -4.08. The minimum atomic E-state index is -4.77. The van der Waals surface area contributed by atoms with Crippen LogP contribution in [0.1, 0.15) is 4.88 Å². The third-order valence-corrected chi connectivity index (χ3v) is 3.53. The third-order valence-electron chi connectivity index (χ3n) is 2.47. The molecule has 1 fully saturated rings. The van der Waals surface area contributed by atoms with Crippen LogP contribution in [0.25, 0.3) is 0 Å². The van der Waals surface area contributed by atoms with Crippen molar-refractivity contribution in [3.8, 4) is 0 Å². The largest absolute Gasteiger partial charge is 0.450 e. The van der Waals surface area contributed by atoms with E-state index in [1.165, 1.54) is 6.20 Å². The molecule has 1 aromatic rings. The maximum absolute atomic E-state index is 12.1. The second-order valence-electron chi connectivity index (χ2n) is 3.81. The van der Waals surface area contributed by atoms with Gasteiger partial charge in [0.2, 0.25) is 5.78 Å². The molecule has 1 aliphatic rings. The number of rotatable bonds is 3. The summed E-state index contributed by atoms with van der Waals surface area (Å²) < 4.78 is 41.5. The van der Waals surface area contributed by atoms with Gasteiger partial charge in [-0.3, -0.25) is 4.79 Å². The molecule has 0 saturated carbocycles. The summed E-state index contributed by atoms with van der Waals surface area (Å²) in [5.74, 6) is -1.74. The van der Waals surface area contributed by atoms with E-state index in [0.717, 1.165) is 11.3 Å². The van der Waals surface area contributed by atoms with E-state index in [2.05, 4.69) is 4.98 Å². The number of hydrogen-bond acceptors (Lipinski definition) is 5. The molecule has 4 nitrogen and oxygen atoms in total. The Morgan fingerprint density at radius 3 is 2.72 bits per heavy atom. The number of aromatic nitrogens is 1. The van der Waals surface area contributed by atoms with Crippen molar-refractivity contribution < 1.29 is 22.7 Å². The van der Waals surface area contributed by atoms with E-state index in [-0.39, 0.29) is 0 Å². The SMILES string of the molecule is O=C(Cc1cnc(N2CCOCC2)s1)C(F)(F)F. The fourth-order valence-corrected chi connectivity index (χ4v) is 2.50. The Labute approximate surface area is 105 Å². The third kappa shape index (κ3) is 3.20. The standard InChI is InChI=1S/C10H11F3N2O2S/c11-10(12,13)8(16)5-7-6-14-9(18-7)15-1-3-17-4-2-15/h6H,1-5H2.